The van der Waals surface area contributed by atoms with Gasteiger partial charge in [-0.05, 0) is 54.9 Å². The highest BCUT2D eigenvalue weighted by atomic mass is 16.5. The number of aliphatic carboxylic acids is 1. The lowest BCUT2D eigenvalue weighted by atomic mass is 9.88. The lowest BCUT2D eigenvalue weighted by Gasteiger charge is -2.27. The molecule has 0 aromatic heterocycles. The molecular formula is C22H26O3. The van der Waals surface area contributed by atoms with E-state index in [2.05, 4.69) is 6.92 Å². The second-order valence-electron chi connectivity index (χ2n) is 7.13. The van der Waals surface area contributed by atoms with Gasteiger partial charge in [0, 0.05) is 5.92 Å². The molecule has 132 valence electrons. The van der Waals surface area contributed by atoms with Gasteiger partial charge in [0.1, 0.15) is 5.75 Å². The van der Waals surface area contributed by atoms with Crippen molar-refractivity contribution >= 4 is 5.97 Å². The molecule has 1 aliphatic rings. The van der Waals surface area contributed by atoms with Gasteiger partial charge in [-0.1, -0.05) is 49.4 Å². The summed E-state index contributed by atoms with van der Waals surface area (Å²) < 4.78 is 6.11. The molecule has 3 nitrogen and oxygen atoms in total. The lowest BCUT2D eigenvalue weighted by molar-refractivity contribution is -0.137. The van der Waals surface area contributed by atoms with Crippen molar-refractivity contribution in [3.05, 3.63) is 65.7 Å². The molecule has 3 heteroatoms. The molecule has 1 fully saturated rings. The largest absolute Gasteiger partial charge is 0.490 e. The van der Waals surface area contributed by atoms with Crippen LogP contribution in [0.1, 0.15) is 56.1 Å². The fourth-order valence-electron chi connectivity index (χ4n) is 3.61. The van der Waals surface area contributed by atoms with Crippen molar-refractivity contribution in [1.29, 1.82) is 0 Å². The second kappa shape index (κ2) is 8.19. The van der Waals surface area contributed by atoms with E-state index in [0.29, 0.717) is 6.10 Å². The zero-order valence-electron chi connectivity index (χ0n) is 14.7. The first-order valence-electron chi connectivity index (χ1n) is 9.15. The topological polar surface area (TPSA) is 46.5 Å². The summed E-state index contributed by atoms with van der Waals surface area (Å²) in [5.41, 5.74) is 2.04. The first kappa shape index (κ1) is 17.5. The Morgan fingerprint density at radius 1 is 1.00 bits per heavy atom. The Morgan fingerprint density at radius 3 is 2.20 bits per heavy atom. The Labute approximate surface area is 149 Å². The number of hydrogen-bond donors (Lipinski definition) is 1. The summed E-state index contributed by atoms with van der Waals surface area (Å²) in [6.45, 7) is 2.30. The average Bonchev–Trinajstić information content (AvgIpc) is 2.63. The third kappa shape index (κ3) is 4.85. The quantitative estimate of drug-likeness (QED) is 0.782. The van der Waals surface area contributed by atoms with Crippen molar-refractivity contribution in [2.45, 2.75) is 51.0 Å². The highest BCUT2D eigenvalue weighted by Gasteiger charge is 2.20. The smallest absolute Gasteiger partial charge is 0.304 e. The van der Waals surface area contributed by atoms with Gasteiger partial charge in [-0.3, -0.25) is 4.79 Å². The summed E-state index contributed by atoms with van der Waals surface area (Å²) in [6.07, 6.45) is 5.11. The van der Waals surface area contributed by atoms with E-state index in [1.54, 1.807) is 0 Å². The molecule has 2 aromatic carbocycles. The number of benzene rings is 2. The Bertz CT molecular complexity index is 670. The summed E-state index contributed by atoms with van der Waals surface area (Å²) in [5.74, 6) is 0.768. The number of rotatable bonds is 6. The third-order valence-electron chi connectivity index (χ3n) is 5.13. The van der Waals surface area contributed by atoms with Crippen LogP contribution < -0.4 is 4.74 Å². The third-order valence-corrected chi connectivity index (χ3v) is 5.13. The van der Waals surface area contributed by atoms with E-state index >= 15 is 0 Å². The van der Waals surface area contributed by atoms with E-state index in [1.807, 2.05) is 54.6 Å². The van der Waals surface area contributed by atoms with Crippen LogP contribution >= 0.6 is 0 Å². The fraction of sp³-hybridized carbons (Fsp3) is 0.409. The number of carboxylic acids is 1. The van der Waals surface area contributed by atoms with Crippen molar-refractivity contribution in [3.63, 3.8) is 0 Å². The van der Waals surface area contributed by atoms with Gasteiger partial charge in [-0.15, -0.1) is 0 Å². The normalized spacial score (nSPS) is 21.5. The van der Waals surface area contributed by atoms with Crippen LogP contribution in [0.15, 0.2) is 54.6 Å². The van der Waals surface area contributed by atoms with Gasteiger partial charge in [0.2, 0.25) is 0 Å². The van der Waals surface area contributed by atoms with E-state index in [0.717, 1.165) is 35.6 Å². The summed E-state index contributed by atoms with van der Waals surface area (Å²) >= 11 is 0. The van der Waals surface area contributed by atoms with E-state index in [4.69, 9.17) is 4.74 Å². The van der Waals surface area contributed by atoms with E-state index in [1.165, 1.54) is 12.8 Å². The average molecular weight is 338 g/mol. The maximum absolute atomic E-state index is 11.3. The molecule has 1 N–H and O–H groups in total. The molecule has 0 spiro atoms. The molecule has 0 saturated heterocycles. The van der Waals surface area contributed by atoms with E-state index in [-0.39, 0.29) is 12.3 Å². The molecule has 0 aliphatic heterocycles. The van der Waals surface area contributed by atoms with Crippen LogP contribution in [-0.4, -0.2) is 17.2 Å². The van der Waals surface area contributed by atoms with Crippen molar-refractivity contribution in [3.8, 4) is 5.75 Å². The van der Waals surface area contributed by atoms with E-state index in [9.17, 15) is 9.90 Å². The number of carboxylic acid groups (broad SMARTS) is 1. The van der Waals surface area contributed by atoms with Crippen molar-refractivity contribution < 1.29 is 14.6 Å². The molecular weight excluding hydrogens is 312 g/mol. The lowest BCUT2D eigenvalue weighted by Crippen LogP contribution is -2.23. The number of ether oxygens (including phenoxy) is 1. The van der Waals surface area contributed by atoms with Crippen LogP contribution in [0.3, 0.4) is 0 Å². The minimum Gasteiger partial charge on any atom is -0.490 e. The van der Waals surface area contributed by atoms with Crippen LogP contribution in [0.2, 0.25) is 0 Å². The van der Waals surface area contributed by atoms with E-state index < -0.39 is 5.97 Å². The Kier molecular flexibility index (Phi) is 5.75. The predicted octanol–water partition coefficient (Wildman–Crippen LogP) is 5.25. The Hall–Kier alpha value is -2.29. The maximum atomic E-state index is 11.3. The Morgan fingerprint density at radius 2 is 1.60 bits per heavy atom. The number of carbonyl (C=O) groups is 1. The van der Waals surface area contributed by atoms with Gasteiger partial charge >= 0.3 is 5.97 Å². The molecule has 1 atom stereocenters. The molecule has 1 saturated carbocycles. The van der Waals surface area contributed by atoms with Crippen LogP contribution in [-0.2, 0) is 4.79 Å². The molecule has 0 radical (unpaired) electrons. The minimum absolute atomic E-state index is 0.0880. The second-order valence-corrected chi connectivity index (χ2v) is 7.13. The Balaban J connectivity index is 1.71. The summed E-state index contributed by atoms with van der Waals surface area (Å²) in [7, 11) is 0. The van der Waals surface area contributed by atoms with Gasteiger partial charge in [-0.25, -0.2) is 0 Å². The highest BCUT2D eigenvalue weighted by Crippen LogP contribution is 2.31. The monoisotopic (exact) mass is 338 g/mol. The van der Waals surface area contributed by atoms with Crippen molar-refractivity contribution in [1.82, 2.24) is 0 Å². The molecule has 3 rings (SSSR count). The predicted molar refractivity (Wildman–Crippen MR) is 99.0 cm³/mol. The number of hydrogen-bond acceptors (Lipinski definition) is 2. The van der Waals surface area contributed by atoms with Gasteiger partial charge < -0.3 is 9.84 Å². The zero-order chi connectivity index (χ0) is 17.6. The fourth-order valence-corrected chi connectivity index (χ4v) is 3.61. The first-order valence-corrected chi connectivity index (χ1v) is 9.15. The van der Waals surface area contributed by atoms with Crippen molar-refractivity contribution in [2.75, 3.05) is 0 Å². The summed E-state index contributed by atoms with van der Waals surface area (Å²) in [4.78, 5) is 11.3. The van der Waals surface area contributed by atoms with Crippen LogP contribution in [0.5, 0.6) is 5.75 Å². The summed E-state index contributed by atoms with van der Waals surface area (Å²) in [5, 5.41) is 9.27. The minimum atomic E-state index is -0.787. The van der Waals surface area contributed by atoms with Crippen molar-refractivity contribution in [2.24, 2.45) is 5.92 Å². The van der Waals surface area contributed by atoms with Crippen LogP contribution in [0.25, 0.3) is 0 Å². The first-order chi connectivity index (χ1) is 12.1. The standard InChI is InChI=1S/C22H26O3/c1-16-7-11-19(12-8-16)25-20-13-9-18(10-14-20)21(15-22(23)24)17-5-3-2-4-6-17/h2-6,9-10,13-14,16,19,21H,7-8,11-12,15H2,1H3,(H,23,24). The molecule has 0 heterocycles. The SMILES string of the molecule is CC1CCC(Oc2ccc(C(CC(=O)O)c3ccccc3)cc2)CC1. The van der Waals surface area contributed by atoms with Gasteiger partial charge in [-0.2, -0.15) is 0 Å². The zero-order valence-corrected chi connectivity index (χ0v) is 14.7. The molecule has 0 amide bonds. The molecule has 25 heavy (non-hydrogen) atoms. The molecule has 1 unspecified atom stereocenters. The highest BCUT2D eigenvalue weighted by molar-refractivity contribution is 5.69. The van der Waals surface area contributed by atoms with Crippen LogP contribution in [0.4, 0.5) is 0 Å². The molecule has 1 aliphatic carbocycles. The van der Waals surface area contributed by atoms with Gasteiger partial charge in [0.15, 0.2) is 0 Å². The van der Waals surface area contributed by atoms with Gasteiger partial charge in [0.25, 0.3) is 0 Å². The molecule has 2 aromatic rings. The van der Waals surface area contributed by atoms with Gasteiger partial charge in [0.05, 0.1) is 12.5 Å². The summed E-state index contributed by atoms with van der Waals surface area (Å²) in [6, 6.07) is 17.8. The maximum Gasteiger partial charge on any atom is 0.304 e. The van der Waals surface area contributed by atoms with Crippen LogP contribution in [0, 0.1) is 5.92 Å². The molecule has 0 bridgehead atoms.